The Kier molecular flexibility index (Phi) is 2.55. The summed E-state index contributed by atoms with van der Waals surface area (Å²) in [5.74, 6) is 0.853. The van der Waals surface area contributed by atoms with Crippen LogP contribution < -0.4 is 15.8 Å². The van der Waals surface area contributed by atoms with E-state index in [0.29, 0.717) is 0 Å². The van der Waals surface area contributed by atoms with Gasteiger partial charge in [-0.15, -0.1) is 0 Å². The number of ether oxygens (including phenoxy) is 1. The van der Waals surface area contributed by atoms with Gasteiger partial charge in [-0.2, -0.15) is 0 Å². The van der Waals surface area contributed by atoms with E-state index in [2.05, 4.69) is 12.1 Å². The Balaban J connectivity index is 1.91. The molecular weight excluding hydrogens is 217 g/mol. The number of nitrogen functional groups attached to an aromatic ring is 1. The second-order valence-corrected chi connectivity index (χ2v) is 7.59. The fourth-order valence-electron chi connectivity index (χ4n) is 2.29. The molecule has 2 aliphatic carbocycles. The van der Waals surface area contributed by atoms with Gasteiger partial charge in [-0.05, 0) is 54.4 Å². The molecule has 0 radical (unpaired) electrons. The third-order valence-electron chi connectivity index (χ3n) is 3.40. The van der Waals surface area contributed by atoms with Crippen LogP contribution in [0.15, 0.2) is 18.2 Å². The quantitative estimate of drug-likeness (QED) is 0.643. The molecule has 0 spiro atoms. The summed E-state index contributed by atoms with van der Waals surface area (Å²) in [6, 6.07) is 6.41. The van der Waals surface area contributed by atoms with Crippen molar-refractivity contribution in [1.82, 2.24) is 0 Å². The van der Waals surface area contributed by atoms with Gasteiger partial charge < -0.3 is 10.5 Å². The Morgan fingerprint density at radius 1 is 1.19 bits per heavy atom. The first-order chi connectivity index (χ1) is 7.79. The topological polar surface area (TPSA) is 35.2 Å². The van der Waals surface area contributed by atoms with E-state index >= 15 is 0 Å². The minimum Gasteiger partial charge on any atom is -0.495 e. The molecular formula is C13H18NOP. The summed E-state index contributed by atoms with van der Waals surface area (Å²) in [5.41, 5.74) is 8.62. The Morgan fingerprint density at radius 3 is 2.31 bits per heavy atom. The summed E-state index contributed by atoms with van der Waals surface area (Å²) < 4.78 is 5.32. The monoisotopic (exact) mass is 235 g/mol. The fraction of sp³-hybridized carbons (Fsp3) is 0.538. The molecule has 0 heterocycles. The number of nitrogens with two attached hydrogens (primary N) is 1. The van der Waals surface area contributed by atoms with Crippen molar-refractivity contribution in [3.05, 3.63) is 18.2 Å². The minimum absolute atomic E-state index is 0.0786. The average molecular weight is 235 g/mol. The van der Waals surface area contributed by atoms with Crippen molar-refractivity contribution in [3.8, 4) is 5.75 Å². The van der Waals surface area contributed by atoms with Crippen LogP contribution in [0.25, 0.3) is 0 Å². The molecule has 2 saturated carbocycles. The van der Waals surface area contributed by atoms with Crippen LogP contribution in [0.3, 0.4) is 0 Å². The second kappa shape index (κ2) is 3.92. The molecule has 0 bridgehead atoms. The predicted octanol–water partition coefficient (Wildman–Crippen LogP) is 2.71. The lowest BCUT2D eigenvalue weighted by atomic mass is 10.3. The van der Waals surface area contributed by atoms with Gasteiger partial charge in [-0.25, -0.2) is 0 Å². The van der Waals surface area contributed by atoms with E-state index in [-0.39, 0.29) is 7.92 Å². The maximum absolute atomic E-state index is 5.87. The highest BCUT2D eigenvalue weighted by atomic mass is 31.1. The average Bonchev–Trinajstić information content (AvgIpc) is 3.13. The Hall–Kier alpha value is -0.750. The van der Waals surface area contributed by atoms with Gasteiger partial charge in [-0.1, -0.05) is 14.0 Å². The number of anilines is 1. The summed E-state index contributed by atoms with van der Waals surface area (Å²) in [4.78, 5) is 0. The number of methoxy groups -OCH3 is 1. The van der Waals surface area contributed by atoms with Crippen molar-refractivity contribution in [2.24, 2.45) is 0 Å². The summed E-state index contributed by atoms with van der Waals surface area (Å²) in [7, 11) is 1.78. The van der Waals surface area contributed by atoms with E-state index in [1.807, 2.05) is 6.07 Å². The molecule has 3 rings (SSSR count). The third kappa shape index (κ3) is 1.91. The highest BCUT2D eigenvalue weighted by molar-refractivity contribution is 7.67. The molecule has 0 atom stereocenters. The molecule has 0 aliphatic heterocycles. The summed E-state index contributed by atoms with van der Waals surface area (Å²) in [5, 5.41) is 1.51. The van der Waals surface area contributed by atoms with Gasteiger partial charge in [0.05, 0.1) is 12.8 Å². The van der Waals surface area contributed by atoms with Gasteiger partial charge in [0.1, 0.15) is 5.75 Å². The number of benzene rings is 1. The summed E-state index contributed by atoms with van der Waals surface area (Å²) in [6.45, 7) is 0. The molecule has 86 valence electrons. The van der Waals surface area contributed by atoms with Gasteiger partial charge in [0.25, 0.3) is 0 Å². The van der Waals surface area contributed by atoms with E-state index in [1.54, 1.807) is 7.11 Å². The molecule has 16 heavy (non-hydrogen) atoms. The SMILES string of the molecule is COc1cc(P(C2CC2)C2CC2)ccc1N. The molecule has 3 heteroatoms. The zero-order valence-electron chi connectivity index (χ0n) is 9.65. The molecule has 2 aliphatic rings. The first-order valence-electron chi connectivity index (χ1n) is 6.01. The Bertz CT molecular complexity index is 387. The molecule has 1 aromatic rings. The summed E-state index contributed by atoms with van der Waals surface area (Å²) in [6.07, 6.45) is 5.76. The highest BCUT2D eigenvalue weighted by Gasteiger charge is 2.41. The predicted molar refractivity (Wildman–Crippen MR) is 70.0 cm³/mol. The molecule has 0 aromatic heterocycles. The maximum Gasteiger partial charge on any atom is 0.142 e. The van der Waals surface area contributed by atoms with Gasteiger partial charge in [0, 0.05) is 0 Å². The van der Waals surface area contributed by atoms with Crippen LogP contribution in [0.5, 0.6) is 5.75 Å². The summed E-state index contributed by atoms with van der Waals surface area (Å²) >= 11 is 0. The zero-order chi connectivity index (χ0) is 11.1. The van der Waals surface area contributed by atoms with E-state index in [4.69, 9.17) is 10.5 Å². The molecule has 1 aromatic carbocycles. The number of rotatable bonds is 4. The lowest BCUT2D eigenvalue weighted by Gasteiger charge is -2.18. The number of hydrogen-bond donors (Lipinski definition) is 1. The van der Waals surface area contributed by atoms with Crippen LogP contribution in [-0.4, -0.2) is 18.4 Å². The van der Waals surface area contributed by atoms with E-state index in [9.17, 15) is 0 Å². The standard InChI is InChI=1S/C13H18NOP/c1-15-13-8-11(6-7-12(13)14)16(9-2-3-9)10-4-5-10/h6-10H,2-5,14H2,1H3. The molecule has 0 amide bonds. The van der Waals surface area contributed by atoms with Crippen molar-refractivity contribution in [3.63, 3.8) is 0 Å². The minimum atomic E-state index is 0.0786. The normalized spacial score (nSPS) is 20.1. The number of hydrogen-bond acceptors (Lipinski definition) is 2. The van der Waals surface area contributed by atoms with Crippen LogP contribution in [0, 0.1) is 0 Å². The van der Waals surface area contributed by atoms with Gasteiger partial charge in [0.2, 0.25) is 0 Å². The van der Waals surface area contributed by atoms with E-state index < -0.39 is 0 Å². The lowest BCUT2D eigenvalue weighted by molar-refractivity contribution is 0.417. The fourth-order valence-corrected chi connectivity index (χ4v) is 5.65. The zero-order valence-corrected chi connectivity index (χ0v) is 10.5. The molecule has 0 saturated heterocycles. The van der Waals surface area contributed by atoms with Crippen LogP contribution in [0.4, 0.5) is 5.69 Å². The van der Waals surface area contributed by atoms with E-state index in [1.165, 1.54) is 31.0 Å². The molecule has 2 nitrogen and oxygen atoms in total. The van der Waals surface area contributed by atoms with Crippen LogP contribution in [0.1, 0.15) is 25.7 Å². The van der Waals surface area contributed by atoms with Crippen molar-refractivity contribution >= 4 is 18.9 Å². The molecule has 2 N–H and O–H groups in total. The van der Waals surface area contributed by atoms with Gasteiger partial charge >= 0.3 is 0 Å². The first kappa shape index (κ1) is 10.4. The van der Waals surface area contributed by atoms with E-state index in [0.717, 1.165) is 22.8 Å². The Morgan fingerprint density at radius 2 is 1.81 bits per heavy atom. The second-order valence-electron chi connectivity index (χ2n) is 4.80. The van der Waals surface area contributed by atoms with Crippen molar-refractivity contribution in [2.45, 2.75) is 37.0 Å². The van der Waals surface area contributed by atoms with Crippen molar-refractivity contribution < 1.29 is 4.74 Å². The Labute approximate surface area is 97.9 Å². The largest absolute Gasteiger partial charge is 0.495 e. The first-order valence-corrected chi connectivity index (χ1v) is 7.49. The van der Waals surface area contributed by atoms with Crippen molar-refractivity contribution in [2.75, 3.05) is 12.8 Å². The van der Waals surface area contributed by atoms with Crippen LogP contribution >= 0.6 is 7.92 Å². The van der Waals surface area contributed by atoms with Crippen molar-refractivity contribution in [1.29, 1.82) is 0 Å². The third-order valence-corrected chi connectivity index (χ3v) is 6.88. The maximum atomic E-state index is 5.87. The van der Waals surface area contributed by atoms with Crippen LogP contribution in [0.2, 0.25) is 0 Å². The lowest BCUT2D eigenvalue weighted by Crippen LogP contribution is -2.08. The smallest absolute Gasteiger partial charge is 0.142 e. The van der Waals surface area contributed by atoms with Gasteiger partial charge in [0.15, 0.2) is 0 Å². The molecule has 0 unspecified atom stereocenters. The molecule has 2 fully saturated rings. The van der Waals surface area contributed by atoms with Crippen LogP contribution in [-0.2, 0) is 0 Å². The van der Waals surface area contributed by atoms with Gasteiger partial charge in [-0.3, -0.25) is 0 Å². The highest BCUT2D eigenvalue weighted by Crippen LogP contribution is 2.63.